The van der Waals surface area contributed by atoms with Crippen molar-refractivity contribution >= 4 is 33.3 Å². The fourth-order valence-electron chi connectivity index (χ4n) is 3.12. The first-order valence-corrected chi connectivity index (χ1v) is 9.42. The lowest BCUT2D eigenvalue weighted by molar-refractivity contribution is -0.380. The molecule has 2 aromatic heterocycles. The molecule has 0 aliphatic carbocycles. The zero-order valence-electron chi connectivity index (χ0n) is 14.9. The van der Waals surface area contributed by atoms with Gasteiger partial charge in [-0.1, -0.05) is 53.8 Å². The number of nitro groups is 1. The summed E-state index contributed by atoms with van der Waals surface area (Å²) in [5.74, 6) is 0.302. The molecule has 140 valence electrons. The van der Waals surface area contributed by atoms with Gasteiger partial charge < -0.3 is 9.88 Å². The number of carbonyl (C=O) groups excluding carboxylic acids is 1. The van der Waals surface area contributed by atoms with Crippen molar-refractivity contribution in [2.24, 2.45) is 7.05 Å². The van der Waals surface area contributed by atoms with Gasteiger partial charge in [-0.15, -0.1) is 0 Å². The van der Waals surface area contributed by atoms with Gasteiger partial charge in [-0.2, -0.15) is 0 Å². The van der Waals surface area contributed by atoms with Crippen LogP contribution in [0.3, 0.4) is 0 Å². The molecular formula is C20H16N4O3S. The van der Waals surface area contributed by atoms with Crippen LogP contribution in [0, 0.1) is 10.1 Å². The summed E-state index contributed by atoms with van der Waals surface area (Å²) in [5.41, 5.74) is 2.93. The number of thiophene rings is 1. The highest BCUT2D eigenvalue weighted by Crippen LogP contribution is 2.27. The molecule has 1 amide bonds. The molecule has 8 heteroatoms. The lowest BCUT2D eigenvalue weighted by atomic mass is 10.1. The van der Waals surface area contributed by atoms with E-state index in [-0.39, 0.29) is 16.5 Å². The van der Waals surface area contributed by atoms with Crippen LogP contribution in [0.25, 0.3) is 11.0 Å². The van der Waals surface area contributed by atoms with E-state index in [1.807, 2.05) is 66.2 Å². The lowest BCUT2D eigenvalue weighted by Gasteiger charge is -2.19. The fourth-order valence-corrected chi connectivity index (χ4v) is 3.82. The largest absolute Gasteiger partial charge is 0.338 e. The molecule has 2 heterocycles. The highest BCUT2D eigenvalue weighted by molar-refractivity contribution is 7.13. The Morgan fingerprint density at radius 3 is 2.57 bits per heavy atom. The Balaban J connectivity index is 1.74. The molecule has 28 heavy (non-hydrogen) atoms. The molecule has 0 unspecified atom stereocenters. The Kier molecular flexibility index (Phi) is 4.62. The van der Waals surface area contributed by atoms with Crippen molar-refractivity contribution in [2.75, 3.05) is 0 Å². The van der Waals surface area contributed by atoms with E-state index in [0.29, 0.717) is 5.82 Å². The van der Waals surface area contributed by atoms with Crippen LogP contribution in [0.4, 0.5) is 5.00 Å². The third-order valence-electron chi connectivity index (χ3n) is 4.52. The van der Waals surface area contributed by atoms with Crippen molar-refractivity contribution < 1.29 is 9.72 Å². The van der Waals surface area contributed by atoms with Crippen LogP contribution in [-0.4, -0.2) is 20.4 Å². The third kappa shape index (κ3) is 3.25. The van der Waals surface area contributed by atoms with E-state index in [4.69, 9.17) is 4.98 Å². The summed E-state index contributed by atoms with van der Waals surface area (Å²) < 4.78 is 1.95. The minimum Gasteiger partial charge on any atom is -0.338 e. The molecule has 4 aromatic rings. The number of fused-ring (bicyclic) bond motifs is 1. The zero-order valence-corrected chi connectivity index (χ0v) is 15.7. The summed E-state index contributed by atoms with van der Waals surface area (Å²) in [6.07, 6.45) is 0. The van der Waals surface area contributed by atoms with Crippen molar-refractivity contribution in [3.05, 3.63) is 93.1 Å². The second-order valence-corrected chi connectivity index (χ2v) is 7.16. The maximum absolute atomic E-state index is 12.8. The van der Waals surface area contributed by atoms with Gasteiger partial charge in [0.05, 0.1) is 21.5 Å². The Morgan fingerprint density at radius 1 is 1.18 bits per heavy atom. The van der Waals surface area contributed by atoms with E-state index < -0.39 is 11.0 Å². The van der Waals surface area contributed by atoms with Gasteiger partial charge in [-0.3, -0.25) is 14.9 Å². The Hall–Kier alpha value is -3.52. The van der Waals surface area contributed by atoms with Gasteiger partial charge >= 0.3 is 5.00 Å². The number of amides is 1. The van der Waals surface area contributed by atoms with Crippen molar-refractivity contribution in [3.8, 4) is 0 Å². The number of rotatable bonds is 5. The van der Waals surface area contributed by atoms with Crippen molar-refractivity contribution in [3.63, 3.8) is 0 Å². The maximum atomic E-state index is 12.8. The molecule has 1 N–H and O–H groups in total. The van der Waals surface area contributed by atoms with Crippen molar-refractivity contribution in [1.82, 2.24) is 14.9 Å². The van der Waals surface area contributed by atoms with Crippen LogP contribution in [0.15, 0.2) is 66.0 Å². The van der Waals surface area contributed by atoms with Gasteiger partial charge in [0, 0.05) is 18.5 Å². The summed E-state index contributed by atoms with van der Waals surface area (Å²) in [7, 11) is 1.90. The van der Waals surface area contributed by atoms with E-state index in [1.165, 1.54) is 11.4 Å². The molecule has 0 radical (unpaired) electrons. The molecule has 2 aromatic carbocycles. The quantitative estimate of drug-likeness (QED) is 0.410. The highest BCUT2D eigenvalue weighted by Gasteiger charge is 2.24. The van der Waals surface area contributed by atoms with Crippen molar-refractivity contribution in [1.29, 1.82) is 0 Å². The number of hydrogen-bond acceptors (Lipinski definition) is 5. The summed E-state index contributed by atoms with van der Waals surface area (Å²) in [4.78, 5) is 27.9. The van der Waals surface area contributed by atoms with Crippen LogP contribution >= 0.6 is 11.3 Å². The molecule has 7 nitrogen and oxygen atoms in total. The number of carbonyl (C=O) groups is 1. The highest BCUT2D eigenvalue weighted by atomic mass is 32.1. The fraction of sp³-hybridized carbons (Fsp3) is 0.100. The second kappa shape index (κ2) is 7.24. The lowest BCUT2D eigenvalue weighted by Crippen LogP contribution is -2.30. The molecule has 4 rings (SSSR count). The predicted molar refractivity (Wildman–Crippen MR) is 107 cm³/mol. The average Bonchev–Trinajstić information content (AvgIpc) is 3.33. The predicted octanol–water partition coefficient (Wildman–Crippen LogP) is 4.06. The summed E-state index contributed by atoms with van der Waals surface area (Å²) in [6, 6.07) is 18.1. The zero-order chi connectivity index (χ0) is 19.7. The third-order valence-corrected chi connectivity index (χ3v) is 5.40. The van der Waals surface area contributed by atoms with Crippen LogP contribution in [0.2, 0.25) is 0 Å². The number of nitrogens with one attached hydrogen (secondary N) is 1. The molecule has 0 saturated heterocycles. The first-order valence-electron chi connectivity index (χ1n) is 8.54. The molecule has 0 saturated carbocycles. The van der Waals surface area contributed by atoms with E-state index >= 15 is 0 Å². The topological polar surface area (TPSA) is 90.1 Å². The van der Waals surface area contributed by atoms with Gasteiger partial charge in [0.25, 0.3) is 5.91 Å². The van der Waals surface area contributed by atoms with E-state index in [2.05, 4.69) is 5.32 Å². The standard InChI is InChI=1S/C20H16N4O3S/c1-23-16-10-6-5-9-15(16)21-19(23)18(13-7-3-2-4-8-13)22-20(25)14-11-17(24(26)27)28-12-14/h2-12,18H,1H3,(H,22,25)/t18-/m1/s1. The normalized spacial score (nSPS) is 12.0. The first-order chi connectivity index (χ1) is 13.5. The Labute approximate surface area is 164 Å². The Bertz CT molecular complexity index is 1170. The van der Waals surface area contributed by atoms with Crippen molar-refractivity contribution in [2.45, 2.75) is 6.04 Å². The van der Waals surface area contributed by atoms with Gasteiger partial charge in [0.2, 0.25) is 0 Å². The number of benzene rings is 2. The van der Waals surface area contributed by atoms with Gasteiger partial charge in [-0.05, 0) is 17.7 Å². The van der Waals surface area contributed by atoms with Crippen LogP contribution < -0.4 is 5.32 Å². The molecule has 0 aliphatic rings. The minimum atomic E-state index is -0.498. The second-order valence-electron chi connectivity index (χ2n) is 6.27. The number of nitrogens with zero attached hydrogens (tertiary/aromatic N) is 3. The van der Waals surface area contributed by atoms with Crippen LogP contribution in [-0.2, 0) is 7.05 Å². The van der Waals surface area contributed by atoms with Crippen LogP contribution in [0.1, 0.15) is 27.8 Å². The van der Waals surface area contributed by atoms with Gasteiger partial charge in [0.1, 0.15) is 11.9 Å². The monoisotopic (exact) mass is 392 g/mol. The number of hydrogen-bond donors (Lipinski definition) is 1. The molecular weight excluding hydrogens is 376 g/mol. The van der Waals surface area contributed by atoms with E-state index in [9.17, 15) is 14.9 Å². The minimum absolute atomic E-state index is 0.0656. The van der Waals surface area contributed by atoms with Gasteiger partial charge in [-0.25, -0.2) is 4.98 Å². The SMILES string of the molecule is Cn1c([C@H](NC(=O)c2csc([N+](=O)[O-])c2)c2ccccc2)nc2ccccc21. The smallest absolute Gasteiger partial charge is 0.324 e. The van der Waals surface area contributed by atoms with Crippen LogP contribution in [0.5, 0.6) is 0 Å². The first kappa shape index (κ1) is 17.9. The Morgan fingerprint density at radius 2 is 1.89 bits per heavy atom. The summed E-state index contributed by atoms with van der Waals surface area (Å²) >= 11 is 0.931. The number of aromatic nitrogens is 2. The maximum Gasteiger partial charge on any atom is 0.324 e. The van der Waals surface area contributed by atoms with Gasteiger partial charge in [0.15, 0.2) is 0 Å². The van der Waals surface area contributed by atoms with E-state index in [1.54, 1.807) is 0 Å². The average molecular weight is 392 g/mol. The number of para-hydroxylation sites is 2. The molecule has 0 spiro atoms. The summed E-state index contributed by atoms with van der Waals surface area (Å²) in [5, 5.41) is 15.3. The summed E-state index contributed by atoms with van der Waals surface area (Å²) in [6.45, 7) is 0. The molecule has 0 aliphatic heterocycles. The molecule has 0 bridgehead atoms. The molecule has 0 fully saturated rings. The number of aryl methyl sites for hydroxylation is 1. The number of imidazole rings is 1. The van der Waals surface area contributed by atoms with E-state index in [0.717, 1.165) is 27.9 Å². The molecule has 1 atom stereocenters.